The van der Waals surface area contributed by atoms with Gasteiger partial charge in [-0.3, -0.25) is 0 Å². The molecule has 4 nitrogen and oxygen atoms in total. The number of aryl methyl sites for hydroxylation is 4. The van der Waals surface area contributed by atoms with Crippen molar-refractivity contribution in [2.24, 2.45) is 0 Å². The first kappa shape index (κ1) is 41.3. The van der Waals surface area contributed by atoms with Crippen LogP contribution in [-0.2, 0) is 0 Å². The molecule has 0 fully saturated rings. The maximum atomic E-state index is 2.68. The zero-order chi connectivity index (χ0) is 49.1. The van der Waals surface area contributed by atoms with Crippen LogP contribution in [0.2, 0.25) is 0 Å². The lowest BCUT2D eigenvalue weighted by atomic mass is 9.89. The van der Waals surface area contributed by atoms with Crippen LogP contribution in [0.5, 0.6) is 0 Å². The predicted molar refractivity (Wildman–Crippen MR) is 315 cm³/mol. The molecule has 0 N–H and O–H groups in total. The maximum Gasteiger partial charge on any atom is 0.0642 e. The van der Waals surface area contributed by atoms with Crippen LogP contribution in [0.15, 0.2) is 218 Å². The Kier molecular flexibility index (Phi) is 8.41. The van der Waals surface area contributed by atoms with E-state index in [9.17, 15) is 0 Å². The number of fused-ring (bicyclic) bond motifs is 14. The summed E-state index contributed by atoms with van der Waals surface area (Å²) in [6, 6.07) is 81.9. The van der Waals surface area contributed by atoms with Crippen LogP contribution in [0.3, 0.4) is 0 Å². The highest BCUT2D eigenvalue weighted by Crippen LogP contribution is 2.60. The molecule has 0 radical (unpaired) electrons. The fraction of sp³-hybridized carbons (Fsp3) is 0.0571. The van der Waals surface area contributed by atoms with Gasteiger partial charge in [-0.1, -0.05) is 174 Å². The molecule has 348 valence electrons. The van der Waals surface area contributed by atoms with Gasteiger partial charge >= 0.3 is 0 Å². The Balaban J connectivity index is 1.08. The smallest absolute Gasteiger partial charge is 0.0642 e. The third-order valence-electron chi connectivity index (χ3n) is 16.2. The lowest BCUT2D eigenvalue weighted by Crippen LogP contribution is -2.10. The van der Waals surface area contributed by atoms with E-state index in [4.69, 9.17) is 0 Å². The van der Waals surface area contributed by atoms with Crippen molar-refractivity contribution in [1.82, 2.24) is 8.80 Å². The van der Waals surface area contributed by atoms with Crippen LogP contribution in [-0.4, -0.2) is 8.80 Å². The summed E-state index contributed by atoms with van der Waals surface area (Å²) in [5, 5.41) is 12.8. The van der Waals surface area contributed by atoms with Crippen molar-refractivity contribution in [1.29, 1.82) is 0 Å². The van der Waals surface area contributed by atoms with E-state index in [2.05, 4.69) is 265 Å². The summed E-state index contributed by atoms with van der Waals surface area (Å²) in [7, 11) is 0. The first-order chi connectivity index (χ1) is 36.4. The number of hydrogen-bond donors (Lipinski definition) is 0. The third-order valence-corrected chi connectivity index (χ3v) is 16.2. The molecule has 0 unspecified atom stereocenters. The van der Waals surface area contributed by atoms with Crippen molar-refractivity contribution in [2.45, 2.75) is 27.7 Å². The lowest BCUT2D eigenvalue weighted by molar-refractivity contribution is 1.27. The van der Waals surface area contributed by atoms with Crippen LogP contribution in [0, 0.1) is 27.7 Å². The number of anilines is 6. The standard InChI is InChI=1S/C70H48N4/c1-41-21-29-47(30-22-41)71(48-31-23-42(2)24-32-48)51-37-38-52-53-17-11-19-55-62-61(46-15-9-6-10-16-46)70-63(60(45-13-7-5-8-14-45)69(62)73(65(53)55)59(52)39-51)56-20-12-18-54-57-40-58-64(67(57)74(70)66(54)56)68(58)72(49-33-25-43(3)26-34-49)50-35-27-44(4)28-36-50/h5-40H,1-4H3. The SMILES string of the molecule is Cc1ccc(N(c2ccc(C)cc2)c2ccc3c4cccc5c6c(-c7ccccc7)c7c(c(-c8ccccc8)c6n(c3c2)c45)c2cccc3c4cc5c(N(c6ccc(C)cc6)c6ccc(C)cc6)c5c4n7c32)cc1. The van der Waals surface area contributed by atoms with Gasteiger partial charge in [0.25, 0.3) is 0 Å². The summed E-state index contributed by atoms with van der Waals surface area (Å²) in [5.74, 6) is 0. The molecule has 0 bridgehead atoms. The molecule has 0 amide bonds. The lowest BCUT2D eigenvalue weighted by Gasteiger charge is -2.26. The van der Waals surface area contributed by atoms with E-state index in [0.29, 0.717) is 0 Å². The highest BCUT2D eigenvalue weighted by molar-refractivity contribution is 6.43. The normalized spacial score (nSPS) is 12.3. The van der Waals surface area contributed by atoms with E-state index >= 15 is 0 Å². The molecule has 0 saturated heterocycles. The number of rotatable bonds is 8. The molecule has 12 aromatic carbocycles. The van der Waals surface area contributed by atoms with Crippen LogP contribution in [0.4, 0.5) is 34.1 Å². The largest absolute Gasteiger partial charge is 0.310 e. The minimum atomic E-state index is 1.11. The summed E-state index contributed by atoms with van der Waals surface area (Å²) >= 11 is 0. The summed E-state index contributed by atoms with van der Waals surface area (Å²) < 4.78 is 5.32. The molecule has 0 spiro atoms. The molecule has 0 aliphatic heterocycles. The number of hydrogen-bond acceptors (Lipinski definition) is 2. The Bertz CT molecular complexity index is 4720. The molecule has 16 rings (SSSR count). The average molecular weight is 945 g/mol. The van der Waals surface area contributed by atoms with Gasteiger partial charge in [-0.2, -0.15) is 0 Å². The van der Waals surface area contributed by atoms with Crippen LogP contribution < -0.4 is 9.80 Å². The van der Waals surface area contributed by atoms with Crippen molar-refractivity contribution in [3.63, 3.8) is 0 Å². The quantitative estimate of drug-likeness (QED) is 0.151. The van der Waals surface area contributed by atoms with Gasteiger partial charge in [0.1, 0.15) is 0 Å². The van der Waals surface area contributed by atoms with E-state index in [1.54, 1.807) is 0 Å². The zero-order valence-electron chi connectivity index (χ0n) is 41.6. The van der Waals surface area contributed by atoms with Crippen molar-refractivity contribution in [3.8, 4) is 22.3 Å². The highest BCUT2D eigenvalue weighted by Gasteiger charge is 2.35. The second kappa shape index (κ2) is 15.1. The second-order valence-electron chi connectivity index (χ2n) is 20.8. The minimum Gasteiger partial charge on any atom is -0.310 e. The van der Waals surface area contributed by atoms with E-state index < -0.39 is 0 Å². The molecule has 0 saturated carbocycles. The van der Waals surface area contributed by atoms with Crippen molar-refractivity contribution < 1.29 is 0 Å². The van der Waals surface area contributed by atoms with E-state index in [-0.39, 0.29) is 0 Å². The summed E-state index contributed by atoms with van der Waals surface area (Å²) in [6.07, 6.45) is 0. The van der Waals surface area contributed by atoms with E-state index in [1.165, 1.54) is 137 Å². The fourth-order valence-electron chi connectivity index (χ4n) is 12.9. The van der Waals surface area contributed by atoms with Crippen LogP contribution in [0.1, 0.15) is 22.3 Å². The van der Waals surface area contributed by atoms with Gasteiger partial charge < -0.3 is 18.6 Å². The minimum absolute atomic E-state index is 1.11. The molecular formula is C70H48N4. The Morgan fingerprint density at radius 2 is 0.689 bits per heavy atom. The average Bonchev–Trinajstić information content (AvgIpc) is 4.06. The molecule has 16 aromatic rings. The number of nitrogens with zero attached hydrogens (tertiary/aromatic N) is 4. The summed E-state index contributed by atoms with van der Waals surface area (Å²) in [4.78, 5) is 4.89. The van der Waals surface area contributed by atoms with Crippen molar-refractivity contribution in [2.75, 3.05) is 9.80 Å². The van der Waals surface area contributed by atoms with Gasteiger partial charge in [0.15, 0.2) is 0 Å². The number of benzene rings is 11. The second-order valence-corrected chi connectivity index (χ2v) is 20.8. The summed E-state index contributed by atoms with van der Waals surface area (Å²) in [6.45, 7) is 8.65. The van der Waals surface area contributed by atoms with Crippen LogP contribution in [0.25, 0.3) is 109 Å². The monoisotopic (exact) mass is 944 g/mol. The first-order valence-electron chi connectivity index (χ1n) is 25.8. The van der Waals surface area contributed by atoms with Gasteiger partial charge in [0.05, 0.1) is 38.8 Å². The number of aromatic nitrogens is 2. The molecule has 0 atom stereocenters. The molecule has 0 aliphatic rings. The van der Waals surface area contributed by atoms with Gasteiger partial charge in [0, 0.05) is 93.4 Å². The van der Waals surface area contributed by atoms with Gasteiger partial charge in [-0.15, -0.1) is 0 Å². The van der Waals surface area contributed by atoms with Gasteiger partial charge in [-0.05, 0) is 106 Å². The van der Waals surface area contributed by atoms with E-state index in [0.717, 1.165) is 28.4 Å². The first-order valence-corrected chi connectivity index (χ1v) is 25.8. The summed E-state index contributed by atoms with van der Waals surface area (Å²) in [5.41, 5.74) is 24.4. The van der Waals surface area contributed by atoms with Gasteiger partial charge in [0.2, 0.25) is 0 Å². The van der Waals surface area contributed by atoms with Crippen molar-refractivity contribution in [3.05, 3.63) is 241 Å². The Morgan fingerprint density at radius 3 is 1.19 bits per heavy atom. The topological polar surface area (TPSA) is 15.3 Å². The predicted octanol–water partition coefficient (Wildman–Crippen LogP) is 19.5. The Morgan fingerprint density at radius 1 is 0.270 bits per heavy atom. The van der Waals surface area contributed by atoms with Crippen molar-refractivity contribution >= 4 is 121 Å². The third kappa shape index (κ3) is 5.62. The van der Waals surface area contributed by atoms with Crippen LogP contribution >= 0.6 is 0 Å². The number of para-hydroxylation sites is 2. The highest BCUT2D eigenvalue weighted by atomic mass is 15.2. The molecular weight excluding hydrogens is 897 g/mol. The Labute approximate surface area is 428 Å². The zero-order valence-corrected chi connectivity index (χ0v) is 41.6. The van der Waals surface area contributed by atoms with E-state index in [1.807, 2.05) is 0 Å². The Hall–Kier alpha value is -9.38. The fourth-order valence-corrected chi connectivity index (χ4v) is 12.9. The maximum absolute atomic E-state index is 2.68. The van der Waals surface area contributed by atoms with Gasteiger partial charge in [-0.25, -0.2) is 0 Å². The molecule has 4 aromatic heterocycles. The molecule has 4 heterocycles. The molecule has 0 aliphatic carbocycles. The molecule has 4 heteroatoms. The molecule has 74 heavy (non-hydrogen) atoms.